The number of alkyl halides is 3. The highest BCUT2D eigenvalue weighted by atomic mass is 19.4. The van der Waals surface area contributed by atoms with Crippen molar-refractivity contribution in [2.75, 3.05) is 0 Å². The molecule has 1 atom stereocenters. The van der Waals surface area contributed by atoms with Gasteiger partial charge in [-0.15, -0.1) is 0 Å². The summed E-state index contributed by atoms with van der Waals surface area (Å²) >= 11 is 0. The highest BCUT2D eigenvalue weighted by molar-refractivity contribution is 5.81. The van der Waals surface area contributed by atoms with Gasteiger partial charge in [-0.1, -0.05) is 12.1 Å². The van der Waals surface area contributed by atoms with Crippen molar-refractivity contribution in [3.05, 3.63) is 29.8 Å². The van der Waals surface area contributed by atoms with E-state index in [2.05, 4.69) is 0 Å². The van der Waals surface area contributed by atoms with Gasteiger partial charge in [-0.25, -0.2) is 0 Å². The minimum Gasteiger partial charge on any atom is -0.482 e. The number of para-hydroxylation sites is 1. The molecular weight excluding hydrogens is 221 g/mol. The molecule has 0 heterocycles. The Balaban J connectivity index is 3.01. The van der Waals surface area contributed by atoms with E-state index in [0.29, 0.717) is 0 Å². The molecule has 0 amide bonds. The summed E-state index contributed by atoms with van der Waals surface area (Å²) in [5, 5.41) is 7.05. The summed E-state index contributed by atoms with van der Waals surface area (Å²) in [6, 6.07) is 4.82. The zero-order valence-corrected chi connectivity index (χ0v) is 8.51. The summed E-state index contributed by atoms with van der Waals surface area (Å²) in [4.78, 5) is 0. The van der Waals surface area contributed by atoms with Crippen molar-refractivity contribution in [1.82, 2.24) is 0 Å². The van der Waals surface area contributed by atoms with E-state index in [0.717, 1.165) is 6.07 Å². The fourth-order valence-corrected chi connectivity index (χ4v) is 1.06. The first-order chi connectivity index (χ1) is 7.32. The van der Waals surface area contributed by atoms with E-state index in [9.17, 15) is 13.2 Å². The number of hydrogen-bond acceptors (Lipinski definition) is 2. The molecular formula is C10H11F3N2O. The molecule has 0 saturated carbocycles. The first-order valence-electron chi connectivity index (χ1n) is 4.49. The average molecular weight is 232 g/mol. The number of halogens is 3. The van der Waals surface area contributed by atoms with Gasteiger partial charge in [-0.3, -0.25) is 5.41 Å². The molecule has 0 spiro atoms. The van der Waals surface area contributed by atoms with Gasteiger partial charge in [0, 0.05) is 0 Å². The normalized spacial score (nSPS) is 13.2. The molecule has 1 unspecified atom stereocenters. The maximum atomic E-state index is 12.5. The molecule has 1 aromatic carbocycles. The Morgan fingerprint density at radius 3 is 2.44 bits per heavy atom. The predicted molar refractivity (Wildman–Crippen MR) is 53.4 cm³/mol. The first kappa shape index (κ1) is 12.4. The number of nitrogens with one attached hydrogen (secondary N) is 1. The van der Waals surface area contributed by atoms with Gasteiger partial charge in [0.25, 0.3) is 0 Å². The molecule has 0 aliphatic carbocycles. The number of hydrogen-bond donors (Lipinski definition) is 2. The van der Waals surface area contributed by atoms with Gasteiger partial charge in [0.15, 0.2) is 6.10 Å². The van der Waals surface area contributed by atoms with E-state index in [4.69, 9.17) is 15.9 Å². The van der Waals surface area contributed by atoms with E-state index >= 15 is 0 Å². The lowest BCUT2D eigenvalue weighted by Gasteiger charge is -2.17. The molecule has 16 heavy (non-hydrogen) atoms. The van der Waals surface area contributed by atoms with Gasteiger partial charge >= 0.3 is 6.18 Å². The zero-order valence-electron chi connectivity index (χ0n) is 8.51. The molecule has 0 aliphatic rings. The number of nitrogens with two attached hydrogens (primary N) is 1. The minimum absolute atomic E-state index is 0.322. The fraction of sp³-hybridized carbons (Fsp3) is 0.300. The van der Waals surface area contributed by atoms with Crippen molar-refractivity contribution >= 4 is 5.84 Å². The van der Waals surface area contributed by atoms with Crippen molar-refractivity contribution < 1.29 is 17.9 Å². The van der Waals surface area contributed by atoms with E-state index < -0.39 is 17.8 Å². The van der Waals surface area contributed by atoms with E-state index in [1.54, 1.807) is 0 Å². The van der Waals surface area contributed by atoms with Crippen LogP contribution in [0.25, 0.3) is 0 Å². The van der Waals surface area contributed by atoms with Crippen LogP contribution in [0.1, 0.15) is 12.5 Å². The quantitative estimate of drug-likeness (QED) is 0.621. The molecule has 3 nitrogen and oxygen atoms in total. The van der Waals surface area contributed by atoms with Crippen molar-refractivity contribution in [1.29, 1.82) is 5.41 Å². The van der Waals surface area contributed by atoms with Gasteiger partial charge in [-0.2, -0.15) is 13.2 Å². The fourth-order valence-electron chi connectivity index (χ4n) is 1.06. The zero-order chi connectivity index (χ0) is 12.3. The highest BCUT2D eigenvalue weighted by Gasteiger charge is 2.34. The molecule has 88 valence electrons. The van der Waals surface area contributed by atoms with Crippen LogP contribution < -0.4 is 10.5 Å². The van der Waals surface area contributed by atoms with Crippen molar-refractivity contribution in [3.63, 3.8) is 0 Å². The van der Waals surface area contributed by atoms with Crippen LogP contribution >= 0.6 is 0 Å². The molecule has 0 saturated heterocycles. The van der Waals surface area contributed by atoms with E-state index in [1.165, 1.54) is 25.1 Å². The van der Waals surface area contributed by atoms with E-state index in [1.807, 2.05) is 0 Å². The van der Waals surface area contributed by atoms with Crippen molar-refractivity contribution in [2.24, 2.45) is 5.73 Å². The Kier molecular flexibility index (Phi) is 3.41. The van der Waals surface area contributed by atoms with Crippen molar-refractivity contribution in [3.8, 4) is 5.75 Å². The van der Waals surface area contributed by atoms with Crippen LogP contribution in [0.2, 0.25) is 0 Å². The molecule has 0 radical (unpaired) electrons. The number of ether oxygens (including phenoxy) is 1. The van der Waals surface area contributed by atoms with Crippen LogP contribution in [0.5, 0.6) is 5.75 Å². The molecule has 1 aromatic rings. The standard InChI is InChI=1S/C10H11F3N2O/c1-6(9(14)15)16-8-5-3-2-4-7(8)10(11,12)13/h2-6H,1H3,(H3,14,15). The van der Waals surface area contributed by atoms with Gasteiger partial charge < -0.3 is 10.5 Å². The molecule has 3 N–H and O–H groups in total. The second kappa shape index (κ2) is 4.42. The highest BCUT2D eigenvalue weighted by Crippen LogP contribution is 2.36. The van der Waals surface area contributed by atoms with E-state index in [-0.39, 0.29) is 11.6 Å². The maximum absolute atomic E-state index is 12.5. The molecule has 0 bridgehead atoms. The smallest absolute Gasteiger partial charge is 0.419 e. The van der Waals surface area contributed by atoms with Gasteiger partial charge in [-0.05, 0) is 19.1 Å². The van der Waals surface area contributed by atoms with Crippen LogP contribution in [0.15, 0.2) is 24.3 Å². The summed E-state index contributed by atoms with van der Waals surface area (Å²) in [6.07, 6.45) is -5.36. The molecule has 6 heteroatoms. The SMILES string of the molecule is CC(Oc1ccccc1C(F)(F)F)C(=N)N. The van der Waals surface area contributed by atoms with Crippen LogP contribution in [0, 0.1) is 5.41 Å². The summed E-state index contributed by atoms with van der Waals surface area (Å²) < 4.78 is 42.6. The monoisotopic (exact) mass is 232 g/mol. The van der Waals surface area contributed by atoms with Gasteiger partial charge in [0.2, 0.25) is 0 Å². The second-order valence-corrected chi connectivity index (χ2v) is 3.21. The van der Waals surface area contributed by atoms with Crippen LogP contribution in [0.3, 0.4) is 0 Å². The van der Waals surface area contributed by atoms with Crippen LogP contribution in [0.4, 0.5) is 13.2 Å². The Morgan fingerprint density at radius 1 is 1.38 bits per heavy atom. The Hall–Kier alpha value is -1.72. The third kappa shape index (κ3) is 2.88. The lowest BCUT2D eigenvalue weighted by molar-refractivity contribution is -0.139. The number of rotatable bonds is 3. The Labute approximate surface area is 90.5 Å². The summed E-state index contributed by atoms with van der Waals surface area (Å²) in [7, 11) is 0. The summed E-state index contributed by atoms with van der Waals surface area (Å²) in [5.41, 5.74) is 4.25. The third-order valence-electron chi connectivity index (χ3n) is 1.93. The lowest BCUT2D eigenvalue weighted by atomic mass is 10.2. The molecule has 1 rings (SSSR count). The Morgan fingerprint density at radius 2 is 1.94 bits per heavy atom. The topological polar surface area (TPSA) is 59.1 Å². The predicted octanol–water partition coefficient (Wildman–Crippen LogP) is 2.41. The molecule has 0 aliphatic heterocycles. The second-order valence-electron chi connectivity index (χ2n) is 3.21. The summed E-state index contributed by atoms with van der Waals surface area (Å²) in [6.45, 7) is 1.41. The number of benzene rings is 1. The summed E-state index contributed by atoms with van der Waals surface area (Å²) in [5.74, 6) is -0.644. The average Bonchev–Trinajstić information content (AvgIpc) is 2.16. The largest absolute Gasteiger partial charge is 0.482 e. The van der Waals surface area contributed by atoms with Crippen molar-refractivity contribution in [2.45, 2.75) is 19.2 Å². The van der Waals surface area contributed by atoms with Crippen LogP contribution in [-0.4, -0.2) is 11.9 Å². The van der Waals surface area contributed by atoms with Gasteiger partial charge in [0.05, 0.1) is 5.56 Å². The minimum atomic E-state index is -4.48. The molecule has 0 fully saturated rings. The third-order valence-corrected chi connectivity index (χ3v) is 1.93. The first-order valence-corrected chi connectivity index (χ1v) is 4.49. The Bertz CT molecular complexity index is 390. The van der Waals surface area contributed by atoms with Gasteiger partial charge in [0.1, 0.15) is 11.6 Å². The number of amidine groups is 1. The lowest BCUT2D eigenvalue weighted by Crippen LogP contribution is -2.30. The van der Waals surface area contributed by atoms with Crippen LogP contribution in [-0.2, 0) is 6.18 Å². The maximum Gasteiger partial charge on any atom is 0.419 e. The molecule has 0 aromatic heterocycles.